The van der Waals surface area contributed by atoms with Crippen LogP contribution in [0.5, 0.6) is 0 Å². The monoisotopic (exact) mass is 224 g/mol. The lowest BCUT2D eigenvalue weighted by Crippen LogP contribution is -1.90. The predicted octanol–water partition coefficient (Wildman–Crippen LogP) is 4.51. The van der Waals surface area contributed by atoms with Crippen molar-refractivity contribution in [1.29, 1.82) is 0 Å². The third-order valence-corrected chi connectivity index (χ3v) is 3.98. The Morgan fingerprint density at radius 3 is 2.79 bits per heavy atom. The minimum atomic E-state index is 0.623. The van der Waals surface area contributed by atoms with Crippen molar-refractivity contribution >= 4 is 33.0 Å². The molecule has 1 aromatic carbocycles. The summed E-state index contributed by atoms with van der Waals surface area (Å²) in [6.45, 7) is 4.34. The van der Waals surface area contributed by atoms with Crippen LogP contribution in [0.3, 0.4) is 0 Å². The highest BCUT2D eigenvalue weighted by Crippen LogP contribution is 2.31. The van der Waals surface area contributed by atoms with Crippen LogP contribution in [0.4, 0.5) is 0 Å². The molecule has 0 radical (unpaired) electrons. The summed E-state index contributed by atoms with van der Waals surface area (Å²) in [7, 11) is 0. The van der Waals surface area contributed by atoms with Gasteiger partial charge in [-0.1, -0.05) is 13.0 Å². The van der Waals surface area contributed by atoms with E-state index in [1.54, 1.807) is 11.3 Å². The van der Waals surface area contributed by atoms with Crippen LogP contribution in [0.1, 0.15) is 23.6 Å². The summed E-state index contributed by atoms with van der Waals surface area (Å²) in [5.74, 6) is 0.623. The minimum absolute atomic E-state index is 0.623. The molecule has 0 bridgehead atoms. The molecule has 14 heavy (non-hydrogen) atoms. The molecule has 0 fully saturated rings. The third-order valence-electron chi connectivity index (χ3n) is 2.64. The molecule has 0 aliphatic heterocycles. The van der Waals surface area contributed by atoms with Gasteiger partial charge in [0.2, 0.25) is 0 Å². The van der Waals surface area contributed by atoms with Gasteiger partial charge in [-0.3, -0.25) is 0 Å². The Morgan fingerprint density at radius 1 is 1.36 bits per heavy atom. The fourth-order valence-corrected chi connectivity index (χ4v) is 3.17. The molecule has 74 valence electrons. The van der Waals surface area contributed by atoms with Gasteiger partial charge < -0.3 is 0 Å². The van der Waals surface area contributed by atoms with E-state index in [1.807, 2.05) is 0 Å². The topological polar surface area (TPSA) is 0 Å². The molecule has 1 heterocycles. The number of hydrogen-bond donors (Lipinski definition) is 0. The van der Waals surface area contributed by atoms with Crippen LogP contribution >= 0.6 is 22.9 Å². The Labute approximate surface area is 93.5 Å². The lowest BCUT2D eigenvalue weighted by Gasteiger charge is -2.07. The molecule has 2 aromatic rings. The molecule has 0 atom stereocenters. The van der Waals surface area contributed by atoms with E-state index in [2.05, 4.69) is 31.4 Å². The molecule has 2 rings (SSSR count). The molecule has 0 saturated heterocycles. The first-order chi connectivity index (χ1) is 6.77. The molecule has 0 saturated carbocycles. The maximum atomic E-state index is 6.02. The summed E-state index contributed by atoms with van der Waals surface area (Å²) in [5, 5.41) is 3.59. The van der Waals surface area contributed by atoms with E-state index in [-0.39, 0.29) is 0 Å². The van der Waals surface area contributed by atoms with E-state index in [9.17, 15) is 0 Å². The highest BCUT2D eigenvalue weighted by molar-refractivity contribution is 7.17. The van der Waals surface area contributed by atoms with Crippen molar-refractivity contribution in [2.75, 3.05) is 0 Å². The van der Waals surface area contributed by atoms with Crippen LogP contribution in [-0.2, 0) is 12.3 Å². The van der Waals surface area contributed by atoms with Crippen LogP contribution < -0.4 is 0 Å². The van der Waals surface area contributed by atoms with E-state index in [4.69, 9.17) is 11.6 Å². The van der Waals surface area contributed by atoms with Crippen molar-refractivity contribution in [2.24, 2.45) is 0 Å². The van der Waals surface area contributed by atoms with Gasteiger partial charge in [-0.05, 0) is 41.5 Å². The average Bonchev–Trinajstić information content (AvgIpc) is 2.59. The van der Waals surface area contributed by atoms with Gasteiger partial charge in [0.1, 0.15) is 0 Å². The Morgan fingerprint density at radius 2 is 2.14 bits per heavy atom. The van der Waals surface area contributed by atoms with E-state index in [0.717, 1.165) is 6.42 Å². The van der Waals surface area contributed by atoms with Gasteiger partial charge in [-0.2, -0.15) is 0 Å². The molecular formula is C12H13ClS. The minimum Gasteiger partial charge on any atom is -0.144 e. The van der Waals surface area contributed by atoms with Crippen LogP contribution in [0, 0.1) is 6.92 Å². The molecule has 0 aliphatic carbocycles. The van der Waals surface area contributed by atoms with Gasteiger partial charge in [0, 0.05) is 16.0 Å². The number of rotatable bonds is 2. The molecule has 0 spiro atoms. The first kappa shape index (κ1) is 10.0. The zero-order valence-electron chi connectivity index (χ0n) is 8.43. The Bertz CT molecular complexity index is 457. The summed E-state index contributed by atoms with van der Waals surface area (Å²) >= 11 is 7.83. The second-order valence-corrected chi connectivity index (χ2v) is 4.66. The second kappa shape index (κ2) is 3.92. The number of alkyl halides is 1. The molecule has 2 heteroatoms. The molecule has 0 nitrogen and oxygen atoms in total. The molecule has 1 aromatic heterocycles. The van der Waals surface area contributed by atoms with E-state index < -0.39 is 0 Å². The van der Waals surface area contributed by atoms with E-state index in [1.165, 1.54) is 26.8 Å². The number of aryl methyl sites for hydroxylation is 2. The Hall–Kier alpha value is -0.530. The number of halogens is 1. The summed E-state index contributed by atoms with van der Waals surface area (Å²) in [4.78, 5) is 0. The number of benzene rings is 1. The van der Waals surface area contributed by atoms with E-state index >= 15 is 0 Å². The third kappa shape index (κ3) is 1.45. The summed E-state index contributed by atoms with van der Waals surface area (Å²) in [6, 6.07) is 4.41. The molecular weight excluding hydrogens is 212 g/mol. The first-order valence-corrected chi connectivity index (χ1v) is 6.23. The van der Waals surface area contributed by atoms with Crippen LogP contribution in [0.2, 0.25) is 0 Å². The predicted molar refractivity (Wildman–Crippen MR) is 65.5 cm³/mol. The van der Waals surface area contributed by atoms with Crippen molar-refractivity contribution < 1.29 is 0 Å². The van der Waals surface area contributed by atoms with E-state index in [0.29, 0.717) is 5.88 Å². The van der Waals surface area contributed by atoms with Crippen LogP contribution in [-0.4, -0.2) is 0 Å². The highest BCUT2D eigenvalue weighted by Gasteiger charge is 2.08. The number of fused-ring (bicyclic) bond motifs is 1. The Kier molecular flexibility index (Phi) is 2.80. The van der Waals surface area contributed by atoms with Gasteiger partial charge in [0.15, 0.2) is 0 Å². The van der Waals surface area contributed by atoms with Gasteiger partial charge in [0.25, 0.3) is 0 Å². The largest absolute Gasteiger partial charge is 0.144 e. The molecule has 0 amide bonds. The smallest absolute Gasteiger partial charge is 0.0483 e. The van der Waals surface area contributed by atoms with Crippen LogP contribution in [0.15, 0.2) is 17.5 Å². The molecule has 0 aliphatic rings. The number of thiophene rings is 1. The zero-order valence-corrected chi connectivity index (χ0v) is 10.0. The first-order valence-electron chi connectivity index (χ1n) is 4.82. The van der Waals surface area contributed by atoms with Crippen LogP contribution in [0.25, 0.3) is 10.1 Å². The molecule has 0 N–H and O–H groups in total. The van der Waals surface area contributed by atoms with Crippen molar-refractivity contribution in [1.82, 2.24) is 0 Å². The maximum Gasteiger partial charge on any atom is 0.0483 e. The van der Waals surface area contributed by atoms with Crippen molar-refractivity contribution in [3.05, 3.63) is 34.2 Å². The fraction of sp³-hybridized carbons (Fsp3) is 0.333. The highest BCUT2D eigenvalue weighted by atomic mass is 35.5. The van der Waals surface area contributed by atoms with Crippen molar-refractivity contribution in [3.8, 4) is 0 Å². The maximum absolute atomic E-state index is 6.02. The lowest BCUT2D eigenvalue weighted by atomic mass is 10.0. The normalized spacial score (nSPS) is 11.1. The summed E-state index contributed by atoms with van der Waals surface area (Å²) in [6.07, 6.45) is 1.06. The average molecular weight is 225 g/mol. The SMILES string of the molecule is CCc1ccc2scc(C)c2c1CCl. The van der Waals surface area contributed by atoms with Gasteiger partial charge in [0.05, 0.1) is 0 Å². The van der Waals surface area contributed by atoms with Crippen molar-refractivity contribution in [3.63, 3.8) is 0 Å². The lowest BCUT2D eigenvalue weighted by molar-refractivity contribution is 1.11. The summed E-state index contributed by atoms with van der Waals surface area (Å²) < 4.78 is 1.36. The zero-order chi connectivity index (χ0) is 10.1. The van der Waals surface area contributed by atoms with Gasteiger partial charge in [-0.25, -0.2) is 0 Å². The standard InChI is InChI=1S/C12H13ClS/c1-3-9-4-5-11-12(10(9)6-13)8(2)7-14-11/h4-5,7H,3,6H2,1-2H3. The fourth-order valence-electron chi connectivity index (χ4n) is 1.89. The van der Waals surface area contributed by atoms with Gasteiger partial charge in [-0.15, -0.1) is 22.9 Å². The quantitative estimate of drug-likeness (QED) is 0.659. The Balaban J connectivity index is 2.81. The second-order valence-electron chi connectivity index (χ2n) is 3.48. The van der Waals surface area contributed by atoms with Gasteiger partial charge >= 0.3 is 0 Å². The number of hydrogen-bond acceptors (Lipinski definition) is 1. The van der Waals surface area contributed by atoms with Crippen molar-refractivity contribution in [2.45, 2.75) is 26.1 Å². The molecule has 0 unspecified atom stereocenters. The summed E-state index contributed by atoms with van der Waals surface area (Å²) in [5.41, 5.74) is 4.07.